The molecule has 3 N–H and O–H groups in total. The number of ether oxygens (including phenoxy) is 3. The highest BCUT2D eigenvalue weighted by Crippen LogP contribution is 2.47. The highest BCUT2D eigenvalue weighted by molar-refractivity contribution is 7.91. The van der Waals surface area contributed by atoms with Crippen LogP contribution in [0.15, 0.2) is 43.0 Å². The lowest BCUT2D eigenvalue weighted by atomic mass is 9.85. The summed E-state index contributed by atoms with van der Waals surface area (Å²) in [5, 5.41) is 6.91. The third kappa shape index (κ3) is 7.95. The Morgan fingerprint density at radius 2 is 1.74 bits per heavy atom. The molecular weight excluding hydrogens is 713 g/mol. The van der Waals surface area contributed by atoms with Gasteiger partial charge in [-0.2, -0.15) is 0 Å². The average molecular weight is 767 g/mol. The molecule has 5 bridgehead atoms. The van der Waals surface area contributed by atoms with Gasteiger partial charge in [0.05, 0.1) is 25.5 Å². The second-order valence-corrected chi connectivity index (χ2v) is 18.4. The minimum atomic E-state index is -3.90. The SMILES string of the molecule is C=C[C@@H]1C[C@]1(NC(=O)[C@@H]1C[C@]2(OC)CN1C(=O)[C@H](C(C)(C)C)NC(=O)OCCCCCCCc1cc3cc2ccc3cc1OC)C(=O)NS(=O)(=O)C1CC1. The van der Waals surface area contributed by atoms with Crippen molar-refractivity contribution in [1.82, 2.24) is 20.3 Å². The standard InChI is InChI=1S/C40H54N4O9S/c1-7-28-22-40(28,36(47)43-54(49,50)30-16-17-30)42-34(45)31-23-39(52-6)24-44(31)35(46)33(38(2,3)4)41-37(48)53-18-12-10-8-9-11-13-26-19-27-20-29(39)15-14-25(27)21-32(26)51-5/h7,14-15,19-21,28,30-31,33H,1,8-13,16-18,22-24H2,2-6H3,(H,41,48)(H,42,45)(H,43,47)/t28-,31+,33-,39+,40-/m1/s1. The number of rotatable bonds is 8. The van der Waals surface area contributed by atoms with Crippen molar-refractivity contribution in [2.24, 2.45) is 11.3 Å². The van der Waals surface area contributed by atoms with E-state index < -0.39 is 73.6 Å². The third-order valence-corrected chi connectivity index (χ3v) is 13.3. The van der Waals surface area contributed by atoms with E-state index in [1.165, 1.54) is 18.1 Å². The van der Waals surface area contributed by atoms with Crippen LogP contribution in [0.2, 0.25) is 0 Å². The normalized spacial score (nSPS) is 28.2. The van der Waals surface area contributed by atoms with E-state index in [2.05, 4.69) is 28.0 Å². The van der Waals surface area contributed by atoms with Crippen molar-refractivity contribution in [2.45, 2.75) is 113 Å². The first kappa shape index (κ1) is 39.5. The van der Waals surface area contributed by atoms with Gasteiger partial charge in [0.2, 0.25) is 21.8 Å². The molecule has 2 saturated carbocycles. The van der Waals surface area contributed by atoms with E-state index in [9.17, 15) is 27.6 Å². The maximum absolute atomic E-state index is 14.8. The molecule has 0 radical (unpaired) electrons. The monoisotopic (exact) mass is 766 g/mol. The van der Waals surface area contributed by atoms with E-state index in [-0.39, 0.29) is 26.0 Å². The number of aryl methyl sites for hydroxylation is 1. The molecule has 13 nitrogen and oxygen atoms in total. The molecule has 2 aromatic carbocycles. The van der Waals surface area contributed by atoms with Gasteiger partial charge >= 0.3 is 6.09 Å². The smallest absolute Gasteiger partial charge is 0.407 e. The van der Waals surface area contributed by atoms with Gasteiger partial charge in [-0.25, -0.2) is 13.2 Å². The molecule has 4 aliphatic rings. The molecule has 1 saturated heterocycles. The Hall–Kier alpha value is -4.17. The fraction of sp³-hybridized carbons (Fsp3) is 0.600. The van der Waals surface area contributed by atoms with E-state index in [0.717, 1.165) is 59.8 Å². The van der Waals surface area contributed by atoms with Crippen LogP contribution in [0.4, 0.5) is 4.79 Å². The van der Waals surface area contributed by atoms with Crippen molar-refractivity contribution < 1.29 is 41.8 Å². The maximum atomic E-state index is 14.8. The lowest BCUT2D eigenvalue weighted by Gasteiger charge is -2.36. The molecule has 294 valence electrons. The lowest BCUT2D eigenvalue weighted by Crippen LogP contribution is -2.60. The number of fused-ring (bicyclic) bond motifs is 5. The van der Waals surface area contributed by atoms with Crippen LogP contribution in [0.3, 0.4) is 0 Å². The zero-order valence-corrected chi connectivity index (χ0v) is 32.8. The second kappa shape index (κ2) is 15.2. The first-order valence-electron chi connectivity index (χ1n) is 19.0. The highest BCUT2D eigenvalue weighted by Gasteiger charge is 2.62. The van der Waals surface area contributed by atoms with Crippen molar-refractivity contribution in [3.63, 3.8) is 0 Å². The Morgan fingerprint density at radius 1 is 1.02 bits per heavy atom. The first-order valence-corrected chi connectivity index (χ1v) is 20.5. The van der Waals surface area contributed by atoms with Gasteiger partial charge in [0, 0.05) is 19.4 Å². The molecule has 54 heavy (non-hydrogen) atoms. The predicted molar refractivity (Wildman–Crippen MR) is 203 cm³/mol. The molecule has 0 aromatic heterocycles. The van der Waals surface area contributed by atoms with Gasteiger partial charge in [-0.1, -0.05) is 58.2 Å². The number of hydrogen-bond acceptors (Lipinski definition) is 9. The Bertz CT molecular complexity index is 1920. The van der Waals surface area contributed by atoms with Gasteiger partial charge in [0.15, 0.2) is 0 Å². The lowest BCUT2D eigenvalue weighted by molar-refractivity contribution is -0.143. The number of carbonyl (C=O) groups excluding carboxylic acids is 4. The molecule has 2 aromatic rings. The van der Waals surface area contributed by atoms with E-state index in [0.29, 0.717) is 19.3 Å². The van der Waals surface area contributed by atoms with E-state index in [1.54, 1.807) is 7.11 Å². The minimum Gasteiger partial charge on any atom is -0.496 e. The number of alkyl carbamates (subject to hydrolysis) is 1. The van der Waals surface area contributed by atoms with Crippen LogP contribution < -0.4 is 20.1 Å². The quantitative estimate of drug-likeness (QED) is 0.325. The molecule has 4 amide bonds. The first-order chi connectivity index (χ1) is 25.6. The molecule has 2 heterocycles. The highest BCUT2D eigenvalue weighted by atomic mass is 32.2. The van der Waals surface area contributed by atoms with Crippen molar-refractivity contribution >= 4 is 44.6 Å². The minimum absolute atomic E-state index is 0.0216. The van der Waals surface area contributed by atoms with Gasteiger partial charge < -0.3 is 29.7 Å². The largest absolute Gasteiger partial charge is 0.496 e. The summed E-state index contributed by atoms with van der Waals surface area (Å²) >= 11 is 0. The fourth-order valence-electron chi connectivity index (χ4n) is 7.91. The Balaban J connectivity index is 1.40. The van der Waals surface area contributed by atoms with E-state index in [1.807, 2.05) is 45.0 Å². The summed E-state index contributed by atoms with van der Waals surface area (Å²) in [7, 11) is -0.701. The molecule has 2 aliphatic carbocycles. The molecule has 6 rings (SSSR count). The van der Waals surface area contributed by atoms with Gasteiger partial charge in [-0.05, 0) is 84.0 Å². The number of carbonyl (C=O) groups is 4. The molecular formula is C40H54N4O9S. The summed E-state index contributed by atoms with van der Waals surface area (Å²) in [6, 6.07) is 7.81. The topological polar surface area (TPSA) is 169 Å². The van der Waals surface area contributed by atoms with Crippen molar-refractivity contribution in [3.05, 3.63) is 54.1 Å². The molecule has 2 aliphatic heterocycles. The van der Waals surface area contributed by atoms with Gasteiger partial charge in [-0.15, -0.1) is 6.58 Å². The number of nitrogens with one attached hydrogen (secondary N) is 3. The molecule has 5 atom stereocenters. The number of benzene rings is 2. The number of hydrogen-bond donors (Lipinski definition) is 3. The summed E-state index contributed by atoms with van der Waals surface area (Å²) in [4.78, 5) is 57.5. The summed E-state index contributed by atoms with van der Waals surface area (Å²) in [6.07, 6.45) is 7.22. The Morgan fingerprint density at radius 3 is 2.39 bits per heavy atom. The van der Waals surface area contributed by atoms with Crippen molar-refractivity contribution in [3.8, 4) is 5.75 Å². The second-order valence-electron chi connectivity index (χ2n) is 16.4. The molecule has 0 unspecified atom stereocenters. The van der Waals surface area contributed by atoms with Crippen LogP contribution in [0.25, 0.3) is 10.8 Å². The van der Waals surface area contributed by atoms with Crippen molar-refractivity contribution in [1.29, 1.82) is 0 Å². The van der Waals surface area contributed by atoms with Crippen LogP contribution >= 0.6 is 0 Å². The van der Waals surface area contributed by atoms with Gasteiger partial charge in [-0.3, -0.25) is 19.1 Å². The Kier molecular flexibility index (Phi) is 11.1. The van der Waals surface area contributed by atoms with Crippen LogP contribution in [0, 0.1) is 11.3 Å². The van der Waals surface area contributed by atoms with Gasteiger partial charge in [0.25, 0.3) is 5.91 Å². The zero-order valence-electron chi connectivity index (χ0n) is 32.0. The summed E-state index contributed by atoms with van der Waals surface area (Å²) in [5.41, 5.74) is -1.70. The van der Waals surface area contributed by atoms with Crippen LogP contribution in [0.5, 0.6) is 5.75 Å². The molecule has 14 heteroatoms. The number of cyclic esters (lactones) is 1. The van der Waals surface area contributed by atoms with Crippen molar-refractivity contribution in [2.75, 3.05) is 27.4 Å². The van der Waals surface area contributed by atoms with E-state index in [4.69, 9.17) is 14.2 Å². The molecule has 0 spiro atoms. The van der Waals surface area contributed by atoms with Crippen LogP contribution in [0.1, 0.15) is 89.7 Å². The average Bonchev–Trinajstić information content (AvgIpc) is 4.06. The summed E-state index contributed by atoms with van der Waals surface area (Å²) in [6.45, 7) is 9.41. The predicted octanol–water partition coefficient (Wildman–Crippen LogP) is 4.61. The van der Waals surface area contributed by atoms with Crippen LogP contribution in [-0.2, 0) is 45.9 Å². The van der Waals surface area contributed by atoms with E-state index >= 15 is 0 Å². The number of methoxy groups -OCH3 is 2. The van der Waals surface area contributed by atoms with Crippen LogP contribution in [-0.4, -0.2) is 87.4 Å². The Labute approximate surface area is 318 Å². The summed E-state index contributed by atoms with van der Waals surface area (Å²) in [5.74, 6) is -1.71. The zero-order chi connectivity index (χ0) is 39.1. The third-order valence-electron chi connectivity index (χ3n) is 11.5. The number of amides is 4. The fourth-order valence-corrected chi connectivity index (χ4v) is 9.28. The number of nitrogens with zero attached hydrogens (tertiary/aromatic N) is 1. The van der Waals surface area contributed by atoms with Gasteiger partial charge in [0.1, 0.15) is 29.0 Å². The number of sulfonamides is 1. The molecule has 3 fully saturated rings. The maximum Gasteiger partial charge on any atom is 0.407 e. The summed E-state index contributed by atoms with van der Waals surface area (Å²) < 4.78 is 45.3.